The Hall–Kier alpha value is -2.42. The summed E-state index contributed by atoms with van der Waals surface area (Å²) in [5, 5.41) is 6.99. The molecule has 168 valence electrons. The van der Waals surface area contributed by atoms with Crippen molar-refractivity contribution in [2.24, 2.45) is 17.8 Å². The predicted molar refractivity (Wildman–Crippen MR) is 117 cm³/mol. The highest BCUT2D eigenvalue weighted by molar-refractivity contribution is 9.10. The van der Waals surface area contributed by atoms with E-state index in [0.29, 0.717) is 21.9 Å². The third-order valence-electron chi connectivity index (χ3n) is 6.90. The summed E-state index contributed by atoms with van der Waals surface area (Å²) in [7, 11) is 0. The lowest BCUT2D eigenvalue weighted by atomic mass is 9.84. The molecule has 2 fully saturated rings. The van der Waals surface area contributed by atoms with Crippen LogP contribution in [0, 0.1) is 17.8 Å². The van der Waals surface area contributed by atoms with Gasteiger partial charge in [0.1, 0.15) is 0 Å². The summed E-state index contributed by atoms with van der Waals surface area (Å²) < 4.78 is 42.4. The molecule has 0 aliphatic heterocycles. The van der Waals surface area contributed by atoms with E-state index in [1.165, 1.54) is 19.3 Å². The van der Waals surface area contributed by atoms with Crippen molar-refractivity contribution in [1.82, 2.24) is 19.9 Å². The maximum absolute atomic E-state index is 13.9. The molecular formula is C23H22BrF3N4O. The van der Waals surface area contributed by atoms with E-state index in [0.717, 1.165) is 18.4 Å². The van der Waals surface area contributed by atoms with Gasteiger partial charge in [0.15, 0.2) is 17.0 Å². The second kappa shape index (κ2) is 7.86. The molecule has 2 heterocycles. The van der Waals surface area contributed by atoms with E-state index >= 15 is 0 Å². The van der Waals surface area contributed by atoms with Crippen molar-refractivity contribution in [3.63, 3.8) is 0 Å². The molecule has 1 aromatic carbocycles. The van der Waals surface area contributed by atoms with Crippen LogP contribution >= 0.6 is 15.9 Å². The molecule has 2 saturated carbocycles. The topological polar surface area (TPSA) is 59.3 Å². The zero-order chi connectivity index (χ0) is 22.6. The van der Waals surface area contributed by atoms with Gasteiger partial charge in [-0.1, -0.05) is 36.8 Å². The quantitative estimate of drug-likeness (QED) is 0.491. The molecule has 3 aromatic rings. The molecule has 2 aromatic heterocycles. The van der Waals surface area contributed by atoms with Gasteiger partial charge in [-0.3, -0.25) is 4.79 Å². The molecule has 2 bridgehead atoms. The molecule has 32 heavy (non-hydrogen) atoms. The number of alkyl halides is 3. The van der Waals surface area contributed by atoms with Gasteiger partial charge in [0.2, 0.25) is 0 Å². The molecule has 5 nitrogen and oxygen atoms in total. The third-order valence-corrected chi connectivity index (χ3v) is 7.63. The fourth-order valence-corrected chi connectivity index (χ4v) is 5.90. The van der Waals surface area contributed by atoms with Gasteiger partial charge in [-0.05, 0) is 65.9 Å². The number of benzene rings is 1. The summed E-state index contributed by atoms with van der Waals surface area (Å²) in [6, 6.07) is 9.51. The van der Waals surface area contributed by atoms with Crippen LogP contribution < -0.4 is 5.32 Å². The lowest BCUT2D eigenvalue weighted by Gasteiger charge is -2.28. The summed E-state index contributed by atoms with van der Waals surface area (Å²) >= 11 is 3.29. The summed E-state index contributed by atoms with van der Waals surface area (Å²) in [5.41, 5.74) is -0.417. The van der Waals surface area contributed by atoms with Crippen molar-refractivity contribution in [1.29, 1.82) is 0 Å². The van der Waals surface area contributed by atoms with Crippen molar-refractivity contribution >= 4 is 27.5 Å². The normalized spacial score (nSPS) is 23.6. The summed E-state index contributed by atoms with van der Waals surface area (Å²) in [4.78, 5) is 17.4. The van der Waals surface area contributed by atoms with Crippen LogP contribution in [-0.2, 0) is 6.18 Å². The summed E-state index contributed by atoms with van der Waals surface area (Å²) in [5.74, 6) is 1.27. The molecule has 9 heteroatoms. The number of amides is 1. The van der Waals surface area contributed by atoms with Gasteiger partial charge < -0.3 is 5.32 Å². The summed E-state index contributed by atoms with van der Waals surface area (Å²) in [6.07, 6.45) is 0.0905. The smallest absolute Gasteiger partial charge is 0.348 e. The average Bonchev–Trinajstić information content (AvgIpc) is 3.48. The van der Waals surface area contributed by atoms with E-state index in [4.69, 9.17) is 0 Å². The van der Waals surface area contributed by atoms with Gasteiger partial charge >= 0.3 is 6.18 Å². The molecule has 2 aliphatic carbocycles. The maximum atomic E-state index is 13.9. The molecule has 1 N–H and O–H groups in total. The van der Waals surface area contributed by atoms with Crippen LogP contribution in [0.1, 0.15) is 48.8 Å². The standard InChI is InChI=1S/C23H22BrF3N4O/c1-12(16-10-13-7-8-15(16)9-13)28-22(32)20-19(24)21-29-17(14-5-3-2-4-6-14)11-18(23(25,26)27)31(21)30-20/h2-6,11-13,15-16H,7-10H2,1H3,(H,28,32)/t12-,13+,15-,16+/m0/s1. The minimum absolute atomic E-state index is 0.0450. The zero-order valence-corrected chi connectivity index (χ0v) is 18.9. The van der Waals surface area contributed by atoms with Crippen LogP contribution in [0.15, 0.2) is 40.9 Å². The van der Waals surface area contributed by atoms with Gasteiger partial charge in [0, 0.05) is 11.6 Å². The van der Waals surface area contributed by atoms with E-state index in [1.54, 1.807) is 30.3 Å². The number of hydrogen-bond donors (Lipinski definition) is 1. The number of carbonyl (C=O) groups excluding carboxylic acids is 1. The monoisotopic (exact) mass is 506 g/mol. The van der Waals surface area contributed by atoms with Crippen molar-refractivity contribution in [2.45, 2.75) is 44.8 Å². The predicted octanol–water partition coefficient (Wildman–Crippen LogP) is 5.73. The number of nitrogens with one attached hydrogen (secondary N) is 1. The van der Waals surface area contributed by atoms with Crippen LogP contribution in [0.25, 0.3) is 16.9 Å². The van der Waals surface area contributed by atoms with Gasteiger partial charge in [-0.15, -0.1) is 0 Å². The number of halogens is 4. The number of aromatic nitrogens is 3. The van der Waals surface area contributed by atoms with Gasteiger partial charge in [-0.2, -0.15) is 18.3 Å². The Morgan fingerprint density at radius 2 is 1.97 bits per heavy atom. The van der Waals surface area contributed by atoms with Crippen molar-refractivity contribution in [3.8, 4) is 11.3 Å². The highest BCUT2D eigenvalue weighted by Crippen LogP contribution is 2.49. The molecule has 5 rings (SSSR count). The Morgan fingerprint density at radius 3 is 2.59 bits per heavy atom. The fourth-order valence-electron chi connectivity index (χ4n) is 5.38. The van der Waals surface area contributed by atoms with Gasteiger partial charge in [0.25, 0.3) is 5.91 Å². The zero-order valence-electron chi connectivity index (χ0n) is 17.4. The van der Waals surface area contributed by atoms with Crippen LogP contribution in [0.4, 0.5) is 13.2 Å². The first-order valence-electron chi connectivity index (χ1n) is 10.7. The molecule has 2 aliphatic rings. The lowest BCUT2D eigenvalue weighted by Crippen LogP contribution is -2.40. The van der Waals surface area contributed by atoms with E-state index in [1.807, 2.05) is 6.92 Å². The second-order valence-corrected chi connectivity index (χ2v) is 9.68. The van der Waals surface area contributed by atoms with Gasteiger partial charge in [-0.25, -0.2) is 9.50 Å². The molecule has 4 atom stereocenters. The Balaban J connectivity index is 1.51. The number of rotatable bonds is 4. The molecular weight excluding hydrogens is 485 g/mol. The van der Waals surface area contributed by atoms with E-state index in [9.17, 15) is 18.0 Å². The summed E-state index contributed by atoms with van der Waals surface area (Å²) in [6.45, 7) is 1.97. The Kier molecular flexibility index (Phi) is 5.27. The Labute approximate surface area is 191 Å². The van der Waals surface area contributed by atoms with Crippen molar-refractivity contribution in [2.75, 3.05) is 0 Å². The largest absolute Gasteiger partial charge is 0.433 e. The van der Waals surface area contributed by atoms with Crippen molar-refractivity contribution < 1.29 is 18.0 Å². The first-order valence-corrected chi connectivity index (χ1v) is 11.5. The van der Waals surface area contributed by atoms with Crippen molar-refractivity contribution in [3.05, 3.63) is 52.3 Å². The van der Waals surface area contributed by atoms with Crippen LogP contribution in [0.5, 0.6) is 0 Å². The molecule has 0 spiro atoms. The first-order chi connectivity index (χ1) is 15.2. The second-order valence-electron chi connectivity index (χ2n) is 8.89. The minimum Gasteiger partial charge on any atom is -0.348 e. The minimum atomic E-state index is -4.67. The Morgan fingerprint density at radius 1 is 1.22 bits per heavy atom. The van der Waals surface area contributed by atoms with Crippen LogP contribution in [0.2, 0.25) is 0 Å². The van der Waals surface area contributed by atoms with Crippen LogP contribution in [-0.4, -0.2) is 26.5 Å². The highest BCUT2D eigenvalue weighted by Gasteiger charge is 2.42. The molecule has 0 saturated heterocycles. The third kappa shape index (κ3) is 3.70. The fraction of sp³-hybridized carbons (Fsp3) is 0.435. The molecule has 0 unspecified atom stereocenters. The first kappa shape index (κ1) is 21.4. The average molecular weight is 507 g/mol. The molecule has 1 amide bonds. The molecule has 0 radical (unpaired) electrons. The van der Waals surface area contributed by atoms with E-state index in [-0.39, 0.29) is 27.5 Å². The lowest BCUT2D eigenvalue weighted by molar-refractivity contribution is -0.142. The van der Waals surface area contributed by atoms with E-state index < -0.39 is 17.8 Å². The Bertz CT molecular complexity index is 1180. The number of carbonyl (C=O) groups is 1. The number of fused-ring (bicyclic) bond motifs is 3. The number of nitrogens with zero attached hydrogens (tertiary/aromatic N) is 3. The van der Waals surface area contributed by atoms with Crippen LogP contribution in [0.3, 0.4) is 0 Å². The SMILES string of the molecule is C[C@H](NC(=O)c1nn2c(C(F)(F)F)cc(-c3ccccc3)nc2c1Br)[C@H]1C[C@@H]2CC[C@H]1C2. The number of hydrogen-bond acceptors (Lipinski definition) is 3. The maximum Gasteiger partial charge on any atom is 0.433 e. The van der Waals surface area contributed by atoms with Gasteiger partial charge in [0.05, 0.1) is 10.2 Å². The van der Waals surface area contributed by atoms with E-state index in [2.05, 4.69) is 31.3 Å². The highest BCUT2D eigenvalue weighted by atomic mass is 79.9.